The molecular weight excluding hydrogens is 374 g/mol. The van der Waals surface area contributed by atoms with Gasteiger partial charge in [0, 0.05) is 43.5 Å². The first-order valence-corrected chi connectivity index (χ1v) is 11.6. The second-order valence-electron chi connectivity index (χ2n) is 6.77. The zero-order chi connectivity index (χ0) is 19.2. The number of sulfonamides is 1. The molecule has 0 unspecified atom stereocenters. The number of guanidine groups is 1. The maximum absolute atomic E-state index is 12.5. The molecule has 0 spiro atoms. The summed E-state index contributed by atoms with van der Waals surface area (Å²) in [6.45, 7) is 9.97. The topological polar surface area (TPSA) is 91.0 Å². The molecule has 1 aliphatic rings. The Labute approximate surface area is 160 Å². The van der Waals surface area contributed by atoms with Crippen LogP contribution in [-0.4, -0.2) is 79.0 Å². The highest BCUT2D eigenvalue weighted by atomic mass is 32.2. The first kappa shape index (κ1) is 21.0. The van der Waals surface area contributed by atoms with Gasteiger partial charge in [-0.15, -0.1) is 0 Å². The van der Waals surface area contributed by atoms with Crippen LogP contribution < -0.4 is 5.32 Å². The predicted molar refractivity (Wildman–Crippen MR) is 106 cm³/mol. The zero-order valence-electron chi connectivity index (χ0n) is 15.9. The molecule has 2 rings (SSSR count). The van der Waals surface area contributed by atoms with Crippen molar-refractivity contribution in [3.8, 4) is 0 Å². The fourth-order valence-corrected chi connectivity index (χ4v) is 4.14. The van der Waals surface area contributed by atoms with E-state index in [0.29, 0.717) is 38.4 Å². The molecule has 1 aromatic rings. The summed E-state index contributed by atoms with van der Waals surface area (Å²) >= 11 is 1.78. The molecule has 0 atom stereocenters. The molecule has 148 valence electrons. The number of aromatic nitrogens is 1. The van der Waals surface area contributed by atoms with Gasteiger partial charge in [-0.1, -0.05) is 5.16 Å². The lowest BCUT2D eigenvalue weighted by atomic mass is 10.2. The highest BCUT2D eigenvalue weighted by molar-refractivity contribution is 7.99. The van der Waals surface area contributed by atoms with E-state index in [0.717, 1.165) is 12.5 Å². The largest absolute Gasteiger partial charge is 0.364 e. The monoisotopic (exact) mass is 403 g/mol. The molecular formula is C16H29N5O3S2. The smallest absolute Gasteiger partial charge is 0.220 e. The number of hydrogen-bond donors (Lipinski definition) is 1. The Hall–Kier alpha value is -1.26. The zero-order valence-corrected chi connectivity index (χ0v) is 17.6. The van der Waals surface area contributed by atoms with Crippen LogP contribution >= 0.6 is 11.8 Å². The van der Waals surface area contributed by atoms with Gasteiger partial charge in [0.1, 0.15) is 12.0 Å². The maximum atomic E-state index is 12.5. The quantitative estimate of drug-likeness (QED) is 0.541. The third kappa shape index (κ3) is 5.88. The first-order valence-electron chi connectivity index (χ1n) is 8.73. The van der Waals surface area contributed by atoms with E-state index in [1.807, 2.05) is 6.92 Å². The summed E-state index contributed by atoms with van der Waals surface area (Å²) in [5, 5.41) is 7.01. The van der Waals surface area contributed by atoms with Crippen LogP contribution in [0.25, 0.3) is 0 Å². The van der Waals surface area contributed by atoms with Gasteiger partial charge in [0.2, 0.25) is 10.0 Å². The Morgan fingerprint density at radius 1 is 1.38 bits per heavy atom. The van der Waals surface area contributed by atoms with Crippen LogP contribution in [0.3, 0.4) is 0 Å². The van der Waals surface area contributed by atoms with Crippen LogP contribution in [0.4, 0.5) is 0 Å². The number of nitrogens with zero attached hydrogens (tertiary/aromatic N) is 4. The lowest BCUT2D eigenvalue weighted by Crippen LogP contribution is -2.54. The van der Waals surface area contributed by atoms with Crippen molar-refractivity contribution >= 4 is 27.7 Å². The van der Waals surface area contributed by atoms with Crippen LogP contribution in [0.2, 0.25) is 0 Å². The lowest BCUT2D eigenvalue weighted by molar-refractivity contribution is 0.259. The predicted octanol–water partition coefficient (Wildman–Crippen LogP) is 1.23. The van der Waals surface area contributed by atoms with E-state index in [1.54, 1.807) is 17.8 Å². The normalized spacial score (nSPS) is 17.5. The summed E-state index contributed by atoms with van der Waals surface area (Å²) in [5.41, 5.74) is 0.432. The Balaban J connectivity index is 1.97. The van der Waals surface area contributed by atoms with E-state index in [-0.39, 0.29) is 10.5 Å². The molecule has 1 aliphatic heterocycles. The van der Waals surface area contributed by atoms with E-state index in [9.17, 15) is 8.42 Å². The third-order valence-electron chi connectivity index (χ3n) is 4.25. The van der Waals surface area contributed by atoms with Crippen molar-refractivity contribution in [3.63, 3.8) is 0 Å². The molecule has 1 fully saturated rings. The fraction of sp³-hybridized carbons (Fsp3) is 0.750. The Morgan fingerprint density at radius 3 is 2.62 bits per heavy atom. The summed E-state index contributed by atoms with van der Waals surface area (Å²) in [5.74, 6) is 0.725. The van der Waals surface area contributed by atoms with Crippen LogP contribution in [0.1, 0.15) is 26.5 Å². The van der Waals surface area contributed by atoms with Gasteiger partial charge in [-0.25, -0.2) is 8.42 Å². The number of aliphatic imine (C=N–C) groups is 1. The van der Waals surface area contributed by atoms with Gasteiger partial charge in [0.05, 0.1) is 12.2 Å². The molecule has 1 aromatic heterocycles. The van der Waals surface area contributed by atoms with Crippen molar-refractivity contribution in [1.82, 2.24) is 19.7 Å². The molecule has 0 aromatic carbocycles. The second-order valence-corrected chi connectivity index (χ2v) is 10.2. The minimum Gasteiger partial charge on any atom is -0.364 e. The van der Waals surface area contributed by atoms with E-state index in [4.69, 9.17) is 9.52 Å². The van der Waals surface area contributed by atoms with Gasteiger partial charge in [-0.3, -0.25) is 4.99 Å². The van der Waals surface area contributed by atoms with Crippen LogP contribution in [0.15, 0.2) is 21.8 Å². The highest BCUT2D eigenvalue weighted by Crippen LogP contribution is 2.21. The molecule has 0 amide bonds. The van der Waals surface area contributed by atoms with Crippen molar-refractivity contribution in [2.75, 3.05) is 45.5 Å². The minimum atomic E-state index is -3.39. The summed E-state index contributed by atoms with van der Waals surface area (Å²) in [4.78, 5) is 6.87. The number of nitrogens with one attached hydrogen (secondary N) is 1. The average Bonchev–Trinajstić information content (AvgIpc) is 3.11. The number of thioether (sulfide) groups is 1. The lowest BCUT2D eigenvalue weighted by Gasteiger charge is -2.36. The van der Waals surface area contributed by atoms with Gasteiger partial charge in [0.15, 0.2) is 5.96 Å². The standard InChI is InChI=1S/C16H29N5O3S2/c1-5-17-15(18-13-16(2,3)25-4)20-7-9-21(10-8-20)26(22,23)12-14-6-11-24-19-14/h6,11H,5,7-10,12-13H2,1-4H3,(H,17,18). The molecule has 0 radical (unpaired) electrons. The molecule has 2 heterocycles. The van der Waals surface area contributed by atoms with E-state index >= 15 is 0 Å². The summed E-state index contributed by atoms with van der Waals surface area (Å²) in [6.07, 6.45) is 3.47. The number of rotatable bonds is 7. The van der Waals surface area contributed by atoms with Crippen LogP contribution in [-0.2, 0) is 15.8 Å². The highest BCUT2D eigenvalue weighted by Gasteiger charge is 2.29. The number of hydrogen-bond acceptors (Lipinski definition) is 6. The summed E-state index contributed by atoms with van der Waals surface area (Å²) in [6, 6.07) is 1.58. The number of piperazine rings is 1. The molecule has 10 heteroatoms. The molecule has 1 saturated heterocycles. The van der Waals surface area contributed by atoms with Crippen molar-refractivity contribution in [1.29, 1.82) is 0 Å². The Bertz CT molecular complexity index is 681. The van der Waals surface area contributed by atoms with Crippen LogP contribution in [0, 0.1) is 0 Å². The van der Waals surface area contributed by atoms with Gasteiger partial charge < -0.3 is 14.7 Å². The van der Waals surface area contributed by atoms with E-state index in [2.05, 4.69) is 35.5 Å². The first-order chi connectivity index (χ1) is 12.3. The van der Waals surface area contributed by atoms with E-state index < -0.39 is 10.0 Å². The second kappa shape index (κ2) is 9.09. The molecule has 0 bridgehead atoms. The maximum Gasteiger partial charge on any atom is 0.220 e. The van der Waals surface area contributed by atoms with Gasteiger partial charge in [-0.05, 0) is 27.0 Å². The minimum absolute atomic E-state index is 0.0728. The van der Waals surface area contributed by atoms with Crippen molar-refractivity contribution in [3.05, 3.63) is 18.0 Å². The Morgan fingerprint density at radius 2 is 2.08 bits per heavy atom. The fourth-order valence-electron chi connectivity index (χ4n) is 2.52. The average molecular weight is 404 g/mol. The summed E-state index contributed by atoms with van der Waals surface area (Å²) < 4.78 is 31.4. The molecule has 1 N–H and O–H groups in total. The molecule has 26 heavy (non-hydrogen) atoms. The van der Waals surface area contributed by atoms with E-state index in [1.165, 1.54) is 10.6 Å². The molecule has 0 aliphatic carbocycles. The third-order valence-corrected chi connectivity index (χ3v) is 7.30. The Kier molecular flexibility index (Phi) is 7.36. The van der Waals surface area contributed by atoms with Gasteiger partial charge in [-0.2, -0.15) is 16.1 Å². The van der Waals surface area contributed by atoms with Crippen LogP contribution in [0.5, 0.6) is 0 Å². The van der Waals surface area contributed by atoms with Gasteiger partial charge >= 0.3 is 0 Å². The SMILES string of the molecule is CCNC(=NCC(C)(C)SC)N1CCN(S(=O)(=O)Cc2ccon2)CC1. The van der Waals surface area contributed by atoms with Crippen molar-refractivity contribution in [2.24, 2.45) is 4.99 Å². The summed E-state index contributed by atoms with van der Waals surface area (Å²) in [7, 11) is -3.39. The van der Waals surface area contributed by atoms with Crippen molar-refractivity contribution in [2.45, 2.75) is 31.3 Å². The molecule has 8 nitrogen and oxygen atoms in total. The molecule has 0 saturated carbocycles. The van der Waals surface area contributed by atoms with Crippen molar-refractivity contribution < 1.29 is 12.9 Å². The van der Waals surface area contributed by atoms with Gasteiger partial charge in [0.25, 0.3) is 0 Å².